The van der Waals surface area contributed by atoms with Gasteiger partial charge < -0.3 is 4.74 Å². The van der Waals surface area contributed by atoms with Crippen molar-refractivity contribution >= 4 is 11.9 Å². The van der Waals surface area contributed by atoms with Gasteiger partial charge in [0.15, 0.2) is 5.78 Å². The smallest absolute Gasteiger partial charge is 0.189 e. The highest BCUT2D eigenvalue weighted by atomic mass is 16.5. The molecule has 1 aromatic heterocycles. The number of methoxy groups -OCH3 is 1. The molecule has 0 unspecified atom stereocenters. The van der Waals surface area contributed by atoms with E-state index in [1.807, 2.05) is 32.0 Å². The van der Waals surface area contributed by atoms with E-state index in [1.165, 1.54) is 0 Å². The monoisotopic (exact) mass is 270 g/mol. The minimum Gasteiger partial charge on any atom is -0.496 e. The Morgan fingerprint density at radius 1 is 1.35 bits per heavy atom. The quantitative estimate of drug-likeness (QED) is 0.633. The molecule has 0 N–H and O–H groups in total. The lowest BCUT2D eigenvalue weighted by Crippen LogP contribution is -1.95. The number of hydrogen-bond acceptors (Lipinski definition) is 3. The van der Waals surface area contributed by atoms with E-state index in [4.69, 9.17) is 4.74 Å². The van der Waals surface area contributed by atoms with Crippen molar-refractivity contribution in [3.05, 3.63) is 52.9 Å². The van der Waals surface area contributed by atoms with Crippen molar-refractivity contribution < 1.29 is 9.53 Å². The molecule has 4 heteroatoms. The molecule has 2 aromatic rings. The minimum absolute atomic E-state index is 0.0563. The Morgan fingerprint density at radius 3 is 2.70 bits per heavy atom. The molecule has 0 bridgehead atoms. The molecule has 2 rings (SSSR count). The molecule has 20 heavy (non-hydrogen) atoms. The second-order valence-electron chi connectivity index (χ2n) is 4.74. The Labute approximate surface area is 118 Å². The Morgan fingerprint density at radius 2 is 2.10 bits per heavy atom. The summed E-state index contributed by atoms with van der Waals surface area (Å²) in [6, 6.07) is 5.86. The van der Waals surface area contributed by atoms with Crippen LogP contribution in [0, 0.1) is 13.8 Å². The molecule has 0 saturated heterocycles. The van der Waals surface area contributed by atoms with E-state index in [1.54, 1.807) is 37.2 Å². The van der Waals surface area contributed by atoms with Crippen molar-refractivity contribution in [2.75, 3.05) is 7.11 Å². The first-order valence-corrected chi connectivity index (χ1v) is 6.38. The molecular formula is C16H18N2O2. The van der Waals surface area contributed by atoms with Gasteiger partial charge in [0.25, 0.3) is 0 Å². The molecule has 0 aliphatic carbocycles. The number of allylic oxidation sites excluding steroid dienone is 1. The predicted molar refractivity (Wildman–Crippen MR) is 79.0 cm³/mol. The molecule has 0 radical (unpaired) electrons. The van der Waals surface area contributed by atoms with Crippen molar-refractivity contribution in [2.45, 2.75) is 13.8 Å². The highest BCUT2D eigenvalue weighted by molar-refractivity contribution is 6.07. The predicted octanol–water partition coefficient (Wildman–Crippen LogP) is 2.94. The maximum Gasteiger partial charge on any atom is 0.189 e. The number of ketones is 1. The van der Waals surface area contributed by atoms with E-state index < -0.39 is 0 Å². The zero-order chi connectivity index (χ0) is 14.7. The van der Waals surface area contributed by atoms with E-state index in [9.17, 15) is 4.79 Å². The second-order valence-corrected chi connectivity index (χ2v) is 4.74. The zero-order valence-electron chi connectivity index (χ0n) is 12.2. The maximum absolute atomic E-state index is 12.2. The van der Waals surface area contributed by atoms with Gasteiger partial charge in [-0.15, -0.1) is 0 Å². The second kappa shape index (κ2) is 5.74. The first-order valence-electron chi connectivity index (χ1n) is 6.38. The van der Waals surface area contributed by atoms with E-state index >= 15 is 0 Å². The van der Waals surface area contributed by atoms with E-state index in [2.05, 4.69) is 5.10 Å². The molecule has 1 aromatic carbocycles. The number of carbonyl (C=O) groups is 1. The molecular weight excluding hydrogens is 252 g/mol. The average Bonchev–Trinajstić information content (AvgIpc) is 2.75. The van der Waals surface area contributed by atoms with Gasteiger partial charge in [0.1, 0.15) is 5.75 Å². The summed E-state index contributed by atoms with van der Waals surface area (Å²) < 4.78 is 6.93. The van der Waals surface area contributed by atoms with Crippen molar-refractivity contribution in [3.63, 3.8) is 0 Å². The van der Waals surface area contributed by atoms with Crippen LogP contribution >= 0.6 is 0 Å². The van der Waals surface area contributed by atoms with Crippen LogP contribution in [0.25, 0.3) is 6.08 Å². The summed E-state index contributed by atoms with van der Waals surface area (Å²) in [4.78, 5) is 12.2. The Balaban J connectivity index is 2.27. The fourth-order valence-electron chi connectivity index (χ4n) is 2.08. The van der Waals surface area contributed by atoms with Gasteiger partial charge in [-0.2, -0.15) is 5.10 Å². The number of nitrogens with zero attached hydrogens (tertiary/aromatic N) is 2. The summed E-state index contributed by atoms with van der Waals surface area (Å²) in [6.45, 7) is 3.83. The fourth-order valence-corrected chi connectivity index (χ4v) is 2.08. The molecule has 0 spiro atoms. The van der Waals surface area contributed by atoms with Crippen molar-refractivity contribution in [3.8, 4) is 5.75 Å². The Hall–Kier alpha value is -2.36. The van der Waals surface area contributed by atoms with Crippen LogP contribution in [0.15, 0.2) is 30.5 Å². The molecule has 0 aliphatic rings. The van der Waals surface area contributed by atoms with Crippen molar-refractivity contribution in [1.29, 1.82) is 0 Å². The first kappa shape index (κ1) is 14.1. The highest BCUT2D eigenvalue weighted by Gasteiger charge is 2.09. The third-order valence-corrected chi connectivity index (χ3v) is 3.08. The van der Waals surface area contributed by atoms with Crippen LogP contribution in [-0.2, 0) is 7.05 Å². The van der Waals surface area contributed by atoms with Gasteiger partial charge in [0, 0.05) is 18.8 Å². The van der Waals surface area contributed by atoms with Crippen molar-refractivity contribution in [2.24, 2.45) is 7.05 Å². The number of rotatable bonds is 4. The Kier molecular flexibility index (Phi) is 4.03. The van der Waals surface area contributed by atoms with Gasteiger partial charge in [0.2, 0.25) is 0 Å². The highest BCUT2D eigenvalue weighted by Crippen LogP contribution is 2.21. The first-order chi connectivity index (χ1) is 9.51. The molecule has 104 valence electrons. The standard InChI is InChI=1S/C16H18N2O2/c1-11-5-8-16(20-4)13(9-11)6-7-15(19)14-10-18(3)17-12(14)2/h5-10H,1-4H3. The molecule has 0 fully saturated rings. The van der Waals surface area contributed by atoms with Gasteiger partial charge in [-0.3, -0.25) is 9.48 Å². The van der Waals surface area contributed by atoms with Gasteiger partial charge in [0.05, 0.1) is 18.4 Å². The largest absolute Gasteiger partial charge is 0.496 e. The average molecular weight is 270 g/mol. The minimum atomic E-state index is -0.0563. The summed E-state index contributed by atoms with van der Waals surface area (Å²) in [5.41, 5.74) is 3.37. The lowest BCUT2D eigenvalue weighted by atomic mass is 10.1. The van der Waals surface area contributed by atoms with Gasteiger partial charge >= 0.3 is 0 Å². The van der Waals surface area contributed by atoms with Crippen LogP contribution in [0.4, 0.5) is 0 Å². The summed E-state index contributed by atoms with van der Waals surface area (Å²) in [6.07, 6.45) is 5.07. The summed E-state index contributed by atoms with van der Waals surface area (Å²) in [5.74, 6) is 0.696. The van der Waals surface area contributed by atoms with E-state index in [0.717, 1.165) is 22.6 Å². The number of carbonyl (C=O) groups excluding carboxylic acids is 1. The van der Waals surface area contributed by atoms with E-state index in [0.29, 0.717) is 5.56 Å². The fraction of sp³-hybridized carbons (Fsp3) is 0.250. The van der Waals surface area contributed by atoms with Crippen LogP contribution in [0.1, 0.15) is 27.2 Å². The van der Waals surface area contributed by atoms with Crippen LogP contribution in [0.3, 0.4) is 0 Å². The summed E-state index contributed by atoms with van der Waals surface area (Å²) >= 11 is 0. The van der Waals surface area contributed by atoms with Gasteiger partial charge in [-0.05, 0) is 38.1 Å². The number of aryl methyl sites for hydroxylation is 3. The van der Waals surface area contributed by atoms with Crippen molar-refractivity contribution in [1.82, 2.24) is 9.78 Å². The van der Waals surface area contributed by atoms with Crippen LogP contribution in [0.5, 0.6) is 5.75 Å². The number of hydrogen-bond donors (Lipinski definition) is 0. The number of ether oxygens (including phenoxy) is 1. The topological polar surface area (TPSA) is 44.1 Å². The lowest BCUT2D eigenvalue weighted by molar-refractivity contribution is 0.104. The molecule has 4 nitrogen and oxygen atoms in total. The van der Waals surface area contributed by atoms with Crippen LogP contribution < -0.4 is 4.74 Å². The molecule has 0 atom stereocenters. The number of benzene rings is 1. The van der Waals surface area contributed by atoms with Crippen LogP contribution in [0.2, 0.25) is 0 Å². The molecule has 1 heterocycles. The molecule has 0 aliphatic heterocycles. The summed E-state index contributed by atoms with van der Waals surface area (Å²) in [7, 11) is 3.42. The zero-order valence-corrected chi connectivity index (χ0v) is 12.2. The SMILES string of the molecule is COc1ccc(C)cc1C=CC(=O)c1cn(C)nc1C. The third kappa shape index (κ3) is 2.96. The Bertz CT molecular complexity index is 669. The lowest BCUT2D eigenvalue weighted by Gasteiger charge is -2.05. The molecule has 0 saturated carbocycles. The summed E-state index contributed by atoms with van der Waals surface area (Å²) in [5, 5.41) is 4.17. The third-order valence-electron chi connectivity index (χ3n) is 3.08. The number of aromatic nitrogens is 2. The van der Waals surface area contributed by atoms with Crippen LogP contribution in [-0.4, -0.2) is 22.7 Å². The van der Waals surface area contributed by atoms with E-state index in [-0.39, 0.29) is 5.78 Å². The molecule has 0 amide bonds. The maximum atomic E-state index is 12.2. The van der Waals surface area contributed by atoms with Gasteiger partial charge in [-0.1, -0.05) is 11.6 Å². The normalized spacial score (nSPS) is 11.0. The van der Waals surface area contributed by atoms with Gasteiger partial charge in [-0.25, -0.2) is 0 Å².